The maximum atomic E-state index is 12.4. The zero-order chi connectivity index (χ0) is 20.2. The fourth-order valence-electron chi connectivity index (χ4n) is 3.45. The number of halogens is 1. The van der Waals surface area contributed by atoms with Crippen molar-refractivity contribution in [1.82, 2.24) is 19.9 Å². The summed E-state index contributed by atoms with van der Waals surface area (Å²) >= 11 is 7.91. The standard InChI is InChI=1S/C21H23ClN4O2S/c1-15-23-20(28-24-15)7-8-21(27)26-11-9-25(10-12-26)14-18-5-6-19(29-18)16-3-2-4-17(22)13-16/h2-6,13H,7-12,14H2,1H3. The first-order valence-electron chi connectivity index (χ1n) is 9.71. The van der Waals surface area contributed by atoms with Gasteiger partial charge in [-0.25, -0.2) is 0 Å². The molecule has 0 radical (unpaired) electrons. The van der Waals surface area contributed by atoms with Crippen LogP contribution in [0, 0.1) is 6.92 Å². The third-order valence-electron chi connectivity index (χ3n) is 5.00. The van der Waals surface area contributed by atoms with Crippen LogP contribution in [0.2, 0.25) is 5.02 Å². The highest BCUT2D eigenvalue weighted by Crippen LogP contribution is 2.30. The van der Waals surface area contributed by atoms with Crippen molar-refractivity contribution in [3.63, 3.8) is 0 Å². The Morgan fingerprint density at radius 2 is 2.03 bits per heavy atom. The van der Waals surface area contributed by atoms with E-state index >= 15 is 0 Å². The number of thiophene rings is 1. The lowest BCUT2D eigenvalue weighted by Crippen LogP contribution is -2.48. The van der Waals surface area contributed by atoms with Gasteiger partial charge in [0.05, 0.1) is 0 Å². The van der Waals surface area contributed by atoms with Gasteiger partial charge in [0.25, 0.3) is 0 Å². The van der Waals surface area contributed by atoms with Crippen molar-refractivity contribution in [3.8, 4) is 10.4 Å². The van der Waals surface area contributed by atoms with E-state index in [1.54, 1.807) is 18.3 Å². The SMILES string of the molecule is Cc1noc(CCC(=O)N2CCN(Cc3ccc(-c4cccc(Cl)c4)s3)CC2)n1. The molecule has 0 N–H and O–H groups in total. The fraction of sp³-hybridized carbons (Fsp3) is 0.381. The number of aromatic nitrogens is 2. The molecule has 3 aromatic rings. The third-order valence-corrected chi connectivity index (χ3v) is 6.35. The summed E-state index contributed by atoms with van der Waals surface area (Å²) in [6, 6.07) is 12.3. The Kier molecular flexibility index (Phi) is 6.28. The maximum Gasteiger partial charge on any atom is 0.227 e. The Labute approximate surface area is 179 Å². The van der Waals surface area contributed by atoms with E-state index in [4.69, 9.17) is 16.1 Å². The molecule has 1 aliphatic rings. The smallest absolute Gasteiger partial charge is 0.227 e. The highest BCUT2D eigenvalue weighted by atomic mass is 35.5. The van der Waals surface area contributed by atoms with Crippen molar-refractivity contribution < 1.29 is 9.32 Å². The molecule has 1 amide bonds. The van der Waals surface area contributed by atoms with Gasteiger partial charge < -0.3 is 9.42 Å². The number of piperazine rings is 1. The number of carbonyl (C=O) groups excluding carboxylic acids is 1. The van der Waals surface area contributed by atoms with Crippen molar-refractivity contribution in [2.24, 2.45) is 0 Å². The second-order valence-corrected chi connectivity index (χ2v) is 8.77. The minimum Gasteiger partial charge on any atom is -0.340 e. The number of aryl methyl sites for hydroxylation is 2. The van der Waals surface area contributed by atoms with Crippen LogP contribution in [-0.4, -0.2) is 52.0 Å². The summed E-state index contributed by atoms with van der Waals surface area (Å²) in [5.41, 5.74) is 1.15. The minimum absolute atomic E-state index is 0.153. The van der Waals surface area contributed by atoms with Crippen LogP contribution in [-0.2, 0) is 17.8 Å². The van der Waals surface area contributed by atoms with Gasteiger partial charge in [0, 0.05) is 60.3 Å². The Bertz CT molecular complexity index is 978. The van der Waals surface area contributed by atoms with E-state index in [-0.39, 0.29) is 5.91 Å². The number of carbonyl (C=O) groups is 1. The van der Waals surface area contributed by atoms with Crippen LogP contribution in [0.4, 0.5) is 0 Å². The molecule has 1 aliphatic heterocycles. The number of benzene rings is 1. The predicted molar refractivity (Wildman–Crippen MR) is 114 cm³/mol. The summed E-state index contributed by atoms with van der Waals surface area (Å²) in [4.78, 5) is 23.5. The molecule has 1 aromatic carbocycles. The zero-order valence-electron chi connectivity index (χ0n) is 16.3. The largest absolute Gasteiger partial charge is 0.340 e. The van der Waals surface area contributed by atoms with E-state index in [1.165, 1.54) is 9.75 Å². The van der Waals surface area contributed by atoms with Crippen molar-refractivity contribution in [2.45, 2.75) is 26.3 Å². The Morgan fingerprint density at radius 1 is 1.21 bits per heavy atom. The number of amides is 1. The average molecular weight is 431 g/mol. The van der Waals surface area contributed by atoms with E-state index in [9.17, 15) is 4.79 Å². The van der Waals surface area contributed by atoms with Gasteiger partial charge >= 0.3 is 0 Å². The molecule has 1 fully saturated rings. The topological polar surface area (TPSA) is 62.5 Å². The molecular formula is C21H23ClN4O2S. The van der Waals surface area contributed by atoms with Crippen LogP contribution in [0.25, 0.3) is 10.4 Å². The Morgan fingerprint density at radius 3 is 2.76 bits per heavy atom. The molecular weight excluding hydrogens is 408 g/mol. The quantitative estimate of drug-likeness (QED) is 0.590. The van der Waals surface area contributed by atoms with Crippen molar-refractivity contribution in [1.29, 1.82) is 0 Å². The lowest BCUT2D eigenvalue weighted by molar-refractivity contribution is -0.133. The number of rotatable bonds is 6. The first-order valence-corrected chi connectivity index (χ1v) is 10.9. The molecule has 0 spiro atoms. The second kappa shape index (κ2) is 9.07. The van der Waals surface area contributed by atoms with Gasteiger partial charge in [-0.1, -0.05) is 28.9 Å². The van der Waals surface area contributed by atoms with Gasteiger partial charge in [-0.3, -0.25) is 9.69 Å². The molecule has 4 rings (SSSR count). The fourth-order valence-corrected chi connectivity index (χ4v) is 4.69. The average Bonchev–Trinajstić information content (AvgIpc) is 3.36. The highest BCUT2D eigenvalue weighted by molar-refractivity contribution is 7.15. The van der Waals surface area contributed by atoms with Gasteiger partial charge in [-0.05, 0) is 36.8 Å². The van der Waals surface area contributed by atoms with E-state index in [0.717, 1.165) is 43.3 Å². The number of hydrogen-bond donors (Lipinski definition) is 0. The van der Waals surface area contributed by atoms with Crippen LogP contribution >= 0.6 is 22.9 Å². The summed E-state index contributed by atoms with van der Waals surface area (Å²) in [6.07, 6.45) is 0.914. The van der Waals surface area contributed by atoms with Crippen LogP contribution in [0.1, 0.15) is 23.0 Å². The molecule has 2 aromatic heterocycles. The highest BCUT2D eigenvalue weighted by Gasteiger charge is 2.22. The predicted octanol–water partition coefficient (Wildman–Crippen LogP) is 4.04. The monoisotopic (exact) mass is 430 g/mol. The third kappa shape index (κ3) is 5.23. The van der Waals surface area contributed by atoms with Crippen LogP contribution in [0.5, 0.6) is 0 Å². The molecule has 0 bridgehead atoms. The summed E-state index contributed by atoms with van der Waals surface area (Å²) in [7, 11) is 0. The lowest BCUT2D eigenvalue weighted by atomic mass is 10.2. The van der Waals surface area contributed by atoms with E-state index in [1.807, 2.05) is 23.1 Å². The van der Waals surface area contributed by atoms with E-state index in [0.29, 0.717) is 24.6 Å². The molecule has 0 atom stereocenters. The minimum atomic E-state index is 0.153. The Balaban J connectivity index is 1.25. The maximum absolute atomic E-state index is 12.4. The lowest BCUT2D eigenvalue weighted by Gasteiger charge is -2.34. The molecule has 6 nitrogen and oxygen atoms in total. The van der Waals surface area contributed by atoms with Gasteiger partial charge in [-0.2, -0.15) is 4.98 Å². The molecule has 152 valence electrons. The summed E-state index contributed by atoms with van der Waals surface area (Å²) in [5.74, 6) is 1.29. The van der Waals surface area contributed by atoms with E-state index in [2.05, 4.69) is 33.2 Å². The van der Waals surface area contributed by atoms with Gasteiger partial charge in [0.2, 0.25) is 11.8 Å². The first-order chi connectivity index (χ1) is 14.1. The molecule has 0 unspecified atom stereocenters. The normalized spacial score (nSPS) is 15.0. The van der Waals surface area contributed by atoms with E-state index < -0.39 is 0 Å². The van der Waals surface area contributed by atoms with Crippen LogP contribution in [0.15, 0.2) is 40.9 Å². The van der Waals surface area contributed by atoms with Gasteiger partial charge in [0.1, 0.15) is 0 Å². The molecule has 0 saturated carbocycles. The van der Waals surface area contributed by atoms with Gasteiger partial charge in [-0.15, -0.1) is 11.3 Å². The summed E-state index contributed by atoms with van der Waals surface area (Å²) in [5, 5.41) is 4.52. The van der Waals surface area contributed by atoms with Gasteiger partial charge in [0.15, 0.2) is 5.82 Å². The molecule has 8 heteroatoms. The van der Waals surface area contributed by atoms with Crippen molar-refractivity contribution in [3.05, 3.63) is 58.0 Å². The second-order valence-electron chi connectivity index (χ2n) is 7.17. The van der Waals surface area contributed by atoms with Crippen LogP contribution in [0.3, 0.4) is 0 Å². The molecule has 0 aliphatic carbocycles. The zero-order valence-corrected chi connectivity index (χ0v) is 17.9. The van der Waals surface area contributed by atoms with Crippen molar-refractivity contribution in [2.75, 3.05) is 26.2 Å². The number of hydrogen-bond acceptors (Lipinski definition) is 6. The molecule has 29 heavy (non-hydrogen) atoms. The molecule has 3 heterocycles. The summed E-state index contributed by atoms with van der Waals surface area (Å²) in [6.45, 7) is 5.97. The van der Waals surface area contributed by atoms with Crippen LogP contribution < -0.4 is 0 Å². The van der Waals surface area contributed by atoms with Crippen molar-refractivity contribution >= 4 is 28.8 Å². The molecule has 1 saturated heterocycles. The Hall–Kier alpha value is -2.22. The summed E-state index contributed by atoms with van der Waals surface area (Å²) < 4.78 is 5.08. The first kappa shape index (κ1) is 20.1. The number of nitrogens with zero attached hydrogens (tertiary/aromatic N) is 4.